The topological polar surface area (TPSA) is 96.6 Å². The van der Waals surface area contributed by atoms with E-state index in [9.17, 15) is 9.59 Å². The number of nitrogens with one attached hydrogen (secondary N) is 1. The number of hydrogen-bond acceptors (Lipinski definition) is 6. The van der Waals surface area contributed by atoms with Gasteiger partial charge in [-0.05, 0) is 29.7 Å². The maximum atomic E-state index is 13.3. The number of carbonyl (C=O) groups is 1. The highest BCUT2D eigenvalue weighted by Crippen LogP contribution is 2.28. The first-order chi connectivity index (χ1) is 17.5. The third-order valence-corrected chi connectivity index (χ3v) is 5.96. The van der Waals surface area contributed by atoms with Crippen molar-refractivity contribution in [3.8, 4) is 22.6 Å². The summed E-state index contributed by atoms with van der Waals surface area (Å²) >= 11 is 0. The van der Waals surface area contributed by atoms with Crippen LogP contribution in [0, 0.1) is 0 Å². The van der Waals surface area contributed by atoms with Crippen molar-refractivity contribution in [3.63, 3.8) is 0 Å². The van der Waals surface area contributed by atoms with E-state index >= 15 is 0 Å². The van der Waals surface area contributed by atoms with Crippen LogP contribution in [0.4, 0.5) is 0 Å². The van der Waals surface area contributed by atoms with Gasteiger partial charge in [-0.25, -0.2) is 4.98 Å². The molecule has 0 radical (unpaired) electrons. The first kappa shape index (κ1) is 25.0. The van der Waals surface area contributed by atoms with E-state index in [-0.39, 0.29) is 18.0 Å². The number of amides is 1. The molecule has 0 spiro atoms. The third kappa shape index (κ3) is 5.41. The highest BCUT2D eigenvalue weighted by Gasteiger charge is 2.18. The molecule has 0 aliphatic rings. The minimum absolute atomic E-state index is 0.000475. The van der Waals surface area contributed by atoms with Crippen LogP contribution in [0.25, 0.3) is 22.2 Å². The van der Waals surface area contributed by atoms with E-state index in [1.165, 1.54) is 10.9 Å². The monoisotopic (exact) mass is 490 g/mol. The van der Waals surface area contributed by atoms with Gasteiger partial charge in [0.1, 0.15) is 17.6 Å². The number of fused-ring (bicyclic) bond motifs is 1. The Morgan fingerprint density at radius 3 is 2.50 bits per heavy atom. The highest BCUT2D eigenvalue weighted by atomic mass is 16.5. The van der Waals surface area contributed by atoms with Gasteiger partial charge in [0, 0.05) is 25.4 Å². The molecule has 188 valence electrons. The van der Waals surface area contributed by atoms with Gasteiger partial charge < -0.3 is 24.1 Å². The highest BCUT2D eigenvalue weighted by molar-refractivity contribution is 5.93. The molecule has 9 heteroatoms. The smallest absolute Gasteiger partial charge is 0.277 e. The van der Waals surface area contributed by atoms with Crippen LogP contribution in [0.1, 0.15) is 5.56 Å². The molecule has 36 heavy (non-hydrogen) atoms. The Hall–Kier alpha value is -4.11. The van der Waals surface area contributed by atoms with Crippen LogP contribution in [-0.2, 0) is 29.0 Å². The van der Waals surface area contributed by atoms with Gasteiger partial charge in [0.15, 0.2) is 11.5 Å². The molecule has 0 aliphatic carbocycles. The minimum Gasteiger partial charge on any atom is -0.493 e. The maximum absolute atomic E-state index is 13.3. The Morgan fingerprint density at radius 1 is 1.00 bits per heavy atom. The fourth-order valence-corrected chi connectivity index (χ4v) is 4.11. The number of carbonyl (C=O) groups excluding carboxylic acids is 1. The molecule has 0 saturated heterocycles. The predicted molar refractivity (Wildman–Crippen MR) is 138 cm³/mol. The molecule has 9 nitrogen and oxygen atoms in total. The number of rotatable bonds is 11. The fourth-order valence-electron chi connectivity index (χ4n) is 4.11. The summed E-state index contributed by atoms with van der Waals surface area (Å²) < 4.78 is 18.9. The SMILES string of the molecule is COCCn1cnc2c(-c3ccccc3)cn(CC(=O)NCCc3ccc(OC)c(OC)c3)c2c1=O. The molecule has 0 saturated carbocycles. The lowest BCUT2D eigenvalue weighted by Gasteiger charge is -2.11. The summed E-state index contributed by atoms with van der Waals surface area (Å²) in [4.78, 5) is 30.7. The fraction of sp³-hybridized carbons (Fsp3) is 0.296. The lowest BCUT2D eigenvalue weighted by Crippen LogP contribution is -2.30. The summed E-state index contributed by atoms with van der Waals surface area (Å²) in [5, 5.41) is 2.95. The van der Waals surface area contributed by atoms with Gasteiger partial charge in [-0.2, -0.15) is 0 Å². The summed E-state index contributed by atoms with van der Waals surface area (Å²) in [5.74, 6) is 1.10. The van der Waals surface area contributed by atoms with Gasteiger partial charge >= 0.3 is 0 Å². The molecule has 0 bridgehead atoms. The maximum Gasteiger partial charge on any atom is 0.277 e. The number of methoxy groups -OCH3 is 3. The first-order valence-corrected chi connectivity index (χ1v) is 11.7. The van der Waals surface area contributed by atoms with Crippen LogP contribution in [0.15, 0.2) is 65.8 Å². The number of ether oxygens (including phenoxy) is 3. The standard InChI is InChI=1S/C27H30N4O5/c1-34-14-13-30-18-29-25-21(20-7-5-4-6-8-20)16-31(26(25)27(30)33)17-24(32)28-12-11-19-9-10-22(35-2)23(15-19)36-3/h4-10,15-16,18H,11-14,17H2,1-3H3,(H,28,32). The van der Waals surface area contributed by atoms with Gasteiger partial charge in [0.25, 0.3) is 5.56 Å². The van der Waals surface area contributed by atoms with Crippen molar-refractivity contribution in [2.24, 2.45) is 0 Å². The van der Waals surface area contributed by atoms with Crippen molar-refractivity contribution in [2.75, 3.05) is 34.5 Å². The lowest BCUT2D eigenvalue weighted by atomic mass is 10.1. The molecular formula is C27H30N4O5. The largest absolute Gasteiger partial charge is 0.493 e. The molecule has 2 heterocycles. The summed E-state index contributed by atoms with van der Waals surface area (Å²) in [6.07, 6.45) is 3.98. The van der Waals surface area contributed by atoms with Crippen molar-refractivity contribution >= 4 is 16.9 Å². The van der Waals surface area contributed by atoms with E-state index in [1.807, 2.05) is 54.7 Å². The van der Waals surface area contributed by atoms with Gasteiger partial charge in [-0.3, -0.25) is 14.2 Å². The van der Waals surface area contributed by atoms with E-state index in [4.69, 9.17) is 14.2 Å². The first-order valence-electron chi connectivity index (χ1n) is 11.7. The quantitative estimate of drug-likeness (QED) is 0.347. The molecule has 4 aromatic rings. The molecule has 0 aliphatic heterocycles. The Kier molecular flexibility index (Phi) is 8.02. The Labute approximate surface area is 209 Å². The number of aromatic nitrogens is 3. The van der Waals surface area contributed by atoms with Crippen molar-refractivity contribution in [3.05, 3.63) is 77.0 Å². The molecule has 1 amide bonds. The van der Waals surface area contributed by atoms with Crippen molar-refractivity contribution < 1.29 is 19.0 Å². The molecule has 4 rings (SSSR count). The zero-order valence-corrected chi connectivity index (χ0v) is 20.7. The Bertz CT molecular complexity index is 1390. The van der Waals surface area contributed by atoms with Crippen LogP contribution < -0.4 is 20.3 Å². The van der Waals surface area contributed by atoms with Crippen molar-refractivity contribution in [1.82, 2.24) is 19.4 Å². The lowest BCUT2D eigenvalue weighted by molar-refractivity contribution is -0.121. The number of nitrogens with zero attached hydrogens (tertiary/aromatic N) is 3. The second-order valence-corrected chi connectivity index (χ2v) is 8.26. The zero-order valence-electron chi connectivity index (χ0n) is 20.7. The molecule has 1 N–H and O–H groups in total. The average molecular weight is 491 g/mol. The summed E-state index contributed by atoms with van der Waals surface area (Å²) in [6.45, 7) is 1.20. The summed E-state index contributed by atoms with van der Waals surface area (Å²) in [5.41, 5.74) is 3.49. The van der Waals surface area contributed by atoms with E-state index in [2.05, 4.69) is 10.3 Å². The molecule has 2 aromatic carbocycles. The van der Waals surface area contributed by atoms with Crippen LogP contribution in [0.3, 0.4) is 0 Å². The van der Waals surface area contributed by atoms with E-state index in [1.54, 1.807) is 25.9 Å². The predicted octanol–water partition coefficient (Wildman–Crippen LogP) is 2.89. The van der Waals surface area contributed by atoms with Crippen molar-refractivity contribution in [2.45, 2.75) is 19.5 Å². The van der Waals surface area contributed by atoms with Gasteiger partial charge in [-0.1, -0.05) is 36.4 Å². The molecule has 0 fully saturated rings. The summed E-state index contributed by atoms with van der Waals surface area (Å²) in [6, 6.07) is 15.4. The van der Waals surface area contributed by atoms with Gasteiger partial charge in [0.2, 0.25) is 5.91 Å². The average Bonchev–Trinajstić information content (AvgIpc) is 3.27. The number of benzene rings is 2. The zero-order chi connectivity index (χ0) is 25.5. The van der Waals surface area contributed by atoms with Crippen LogP contribution in [0.2, 0.25) is 0 Å². The van der Waals surface area contributed by atoms with E-state index in [0.717, 1.165) is 16.7 Å². The molecule has 2 aromatic heterocycles. The second-order valence-electron chi connectivity index (χ2n) is 8.26. The second kappa shape index (κ2) is 11.5. The van der Waals surface area contributed by atoms with Crippen LogP contribution in [-0.4, -0.2) is 54.5 Å². The van der Waals surface area contributed by atoms with Gasteiger partial charge in [-0.15, -0.1) is 0 Å². The minimum atomic E-state index is -0.211. The van der Waals surface area contributed by atoms with Gasteiger partial charge in [0.05, 0.1) is 33.7 Å². The van der Waals surface area contributed by atoms with Crippen molar-refractivity contribution in [1.29, 1.82) is 0 Å². The Morgan fingerprint density at radius 2 is 1.78 bits per heavy atom. The van der Waals surface area contributed by atoms with E-state index in [0.29, 0.717) is 48.6 Å². The molecular weight excluding hydrogens is 460 g/mol. The Balaban J connectivity index is 1.55. The number of hydrogen-bond donors (Lipinski definition) is 1. The normalized spacial score (nSPS) is 11.0. The molecule has 0 unspecified atom stereocenters. The molecule has 0 atom stereocenters. The third-order valence-electron chi connectivity index (χ3n) is 5.96. The van der Waals surface area contributed by atoms with Crippen LogP contribution in [0.5, 0.6) is 11.5 Å². The van der Waals surface area contributed by atoms with Crippen LogP contribution >= 0.6 is 0 Å². The summed E-state index contributed by atoms with van der Waals surface area (Å²) in [7, 11) is 4.76. The van der Waals surface area contributed by atoms with E-state index < -0.39 is 0 Å².